The van der Waals surface area contributed by atoms with E-state index < -0.39 is 0 Å². The van der Waals surface area contributed by atoms with Crippen LogP contribution in [0.5, 0.6) is 0 Å². The van der Waals surface area contributed by atoms with E-state index in [1.165, 1.54) is 11.0 Å². The van der Waals surface area contributed by atoms with Gasteiger partial charge in [0.25, 0.3) is 0 Å². The minimum Gasteiger partial charge on any atom is -0.301 e. The number of rotatable bonds is 3. The molecule has 1 rings (SSSR count). The van der Waals surface area contributed by atoms with Gasteiger partial charge in [-0.1, -0.05) is 0 Å². The van der Waals surface area contributed by atoms with E-state index in [0.29, 0.717) is 0 Å². The maximum Gasteiger partial charge on any atom is 0.143 e. The number of aromatic nitrogens is 3. The number of hydrogen-bond acceptors (Lipinski definition) is 4. The van der Waals surface area contributed by atoms with Gasteiger partial charge in [0.2, 0.25) is 0 Å². The number of carbonyl (C=O) groups excluding carboxylic acids is 1. The van der Waals surface area contributed by atoms with Crippen molar-refractivity contribution in [2.45, 2.75) is 13.0 Å². The van der Waals surface area contributed by atoms with Gasteiger partial charge in [-0.25, -0.2) is 0 Å². The van der Waals surface area contributed by atoms with Crippen LogP contribution in [0.2, 0.25) is 0 Å². The van der Waals surface area contributed by atoms with Gasteiger partial charge in [-0.3, -0.25) is 5.43 Å². The van der Waals surface area contributed by atoms with E-state index in [1.807, 2.05) is 0 Å². The molecule has 1 aromatic heterocycles. The zero-order chi connectivity index (χ0) is 7.40. The van der Waals surface area contributed by atoms with E-state index in [4.69, 9.17) is 0 Å². The van der Waals surface area contributed by atoms with Crippen LogP contribution in [-0.2, 0) is 4.79 Å². The Morgan fingerprint density at radius 2 is 2.60 bits per heavy atom. The summed E-state index contributed by atoms with van der Waals surface area (Å²) in [4.78, 5) is 11.5. The number of nitrogens with zero attached hydrogens (tertiary/aromatic N) is 3. The normalized spacial score (nSPS) is 12.5. The molecule has 1 N–H and O–H groups in total. The van der Waals surface area contributed by atoms with Gasteiger partial charge in [0.05, 0.1) is 18.4 Å². The highest BCUT2D eigenvalue weighted by atomic mass is 16.1. The van der Waals surface area contributed by atoms with Crippen molar-refractivity contribution < 1.29 is 4.79 Å². The summed E-state index contributed by atoms with van der Waals surface area (Å²) in [6.07, 6.45) is 3.95. The van der Waals surface area contributed by atoms with E-state index in [-0.39, 0.29) is 6.04 Å². The Bertz CT molecular complexity index is 195. The first-order valence-corrected chi connectivity index (χ1v) is 2.91. The fourth-order valence-electron chi connectivity index (χ4n) is 0.516. The summed E-state index contributed by atoms with van der Waals surface area (Å²) < 4.78 is 0. The van der Waals surface area contributed by atoms with E-state index in [1.54, 1.807) is 13.1 Å². The summed E-state index contributed by atoms with van der Waals surface area (Å²) in [5.74, 6) is 0. The van der Waals surface area contributed by atoms with Crippen LogP contribution < -0.4 is 5.43 Å². The molecular weight excluding hydrogens is 132 g/mol. The first-order chi connectivity index (χ1) is 4.83. The average Bonchev–Trinajstić information content (AvgIpc) is 2.40. The van der Waals surface area contributed by atoms with Crippen LogP contribution in [0.1, 0.15) is 6.92 Å². The van der Waals surface area contributed by atoms with Crippen LogP contribution in [0, 0.1) is 0 Å². The topological polar surface area (TPSA) is 59.8 Å². The Labute approximate surface area is 58.0 Å². The molecule has 1 atom stereocenters. The lowest BCUT2D eigenvalue weighted by atomic mass is 10.4. The number of hydrogen-bond donors (Lipinski definition) is 1. The first-order valence-electron chi connectivity index (χ1n) is 2.91. The zero-order valence-corrected chi connectivity index (χ0v) is 5.56. The molecule has 5 nitrogen and oxygen atoms in total. The Hall–Kier alpha value is -1.39. The van der Waals surface area contributed by atoms with Gasteiger partial charge in [0, 0.05) is 0 Å². The highest BCUT2D eigenvalue weighted by Gasteiger charge is 1.96. The maximum atomic E-state index is 10.1. The molecule has 0 amide bonds. The molecule has 54 valence electrons. The Balaban J connectivity index is 2.47. The molecule has 0 saturated heterocycles. The summed E-state index contributed by atoms with van der Waals surface area (Å²) in [6, 6.07) is -0.235. The van der Waals surface area contributed by atoms with E-state index >= 15 is 0 Å². The summed E-state index contributed by atoms with van der Waals surface area (Å²) in [7, 11) is 0. The molecule has 0 aromatic carbocycles. The fraction of sp³-hybridized carbons (Fsp3) is 0.400. The molecule has 0 fully saturated rings. The van der Waals surface area contributed by atoms with Gasteiger partial charge in [0.15, 0.2) is 0 Å². The minimum absolute atomic E-state index is 0.235. The van der Waals surface area contributed by atoms with Crippen molar-refractivity contribution in [3.63, 3.8) is 0 Å². The van der Waals surface area contributed by atoms with Crippen molar-refractivity contribution in [1.82, 2.24) is 15.1 Å². The highest BCUT2D eigenvalue weighted by Crippen LogP contribution is 1.78. The van der Waals surface area contributed by atoms with Crippen molar-refractivity contribution in [1.29, 1.82) is 0 Å². The van der Waals surface area contributed by atoms with Gasteiger partial charge in [0.1, 0.15) is 6.29 Å². The minimum atomic E-state index is -0.235. The van der Waals surface area contributed by atoms with Gasteiger partial charge in [-0.15, -0.1) is 5.10 Å². The highest BCUT2D eigenvalue weighted by molar-refractivity contribution is 5.58. The largest absolute Gasteiger partial charge is 0.301 e. The van der Waals surface area contributed by atoms with Gasteiger partial charge < -0.3 is 4.79 Å². The molecular formula is C5H8N4O. The molecule has 0 aliphatic rings. The fourth-order valence-corrected chi connectivity index (χ4v) is 0.516. The molecule has 0 saturated carbocycles. The van der Waals surface area contributed by atoms with E-state index in [2.05, 4.69) is 15.7 Å². The molecule has 1 heterocycles. The van der Waals surface area contributed by atoms with Crippen LogP contribution in [0.3, 0.4) is 0 Å². The van der Waals surface area contributed by atoms with Gasteiger partial charge in [-0.2, -0.15) is 4.79 Å². The second kappa shape index (κ2) is 2.95. The summed E-state index contributed by atoms with van der Waals surface area (Å²) in [5.41, 5.74) is 2.75. The van der Waals surface area contributed by atoms with Crippen molar-refractivity contribution in [3.8, 4) is 0 Å². The molecule has 10 heavy (non-hydrogen) atoms. The standard InChI is InChI=1S/C5H8N4O/c1-5(4-10)7-9-3-2-6-8-9/h2-5,7H,1H3/t5-/m0/s1. The molecule has 0 aliphatic carbocycles. The van der Waals surface area contributed by atoms with Gasteiger partial charge in [-0.05, 0) is 12.1 Å². The molecule has 0 radical (unpaired) electrons. The van der Waals surface area contributed by atoms with Crippen LogP contribution >= 0.6 is 0 Å². The quantitative estimate of drug-likeness (QED) is 0.570. The predicted octanol–water partition coefficient (Wildman–Crippen LogP) is -0.591. The van der Waals surface area contributed by atoms with Crippen molar-refractivity contribution >= 4 is 6.29 Å². The SMILES string of the molecule is C[C@@H](C=O)Nn1ccnn1. The van der Waals surface area contributed by atoms with E-state index in [9.17, 15) is 4.79 Å². The number of carbonyl (C=O) groups is 1. The third kappa shape index (κ3) is 1.54. The van der Waals surface area contributed by atoms with E-state index in [0.717, 1.165) is 6.29 Å². The predicted molar refractivity (Wildman–Crippen MR) is 34.9 cm³/mol. The summed E-state index contributed by atoms with van der Waals surface area (Å²) in [6.45, 7) is 1.73. The monoisotopic (exact) mass is 140 g/mol. The lowest BCUT2D eigenvalue weighted by Gasteiger charge is -2.05. The molecule has 0 spiro atoms. The lowest BCUT2D eigenvalue weighted by molar-refractivity contribution is -0.108. The second-order valence-corrected chi connectivity index (χ2v) is 1.90. The molecule has 1 aromatic rings. The summed E-state index contributed by atoms with van der Waals surface area (Å²) in [5, 5.41) is 7.14. The van der Waals surface area contributed by atoms with Crippen LogP contribution in [0.15, 0.2) is 12.4 Å². The number of nitrogens with one attached hydrogen (secondary N) is 1. The van der Waals surface area contributed by atoms with Crippen LogP contribution in [-0.4, -0.2) is 27.4 Å². The van der Waals surface area contributed by atoms with Crippen LogP contribution in [0.4, 0.5) is 0 Å². The summed E-state index contributed by atoms with van der Waals surface area (Å²) >= 11 is 0. The third-order valence-corrected chi connectivity index (χ3v) is 0.963. The smallest absolute Gasteiger partial charge is 0.143 e. The third-order valence-electron chi connectivity index (χ3n) is 0.963. The Morgan fingerprint density at radius 1 is 1.80 bits per heavy atom. The molecule has 0 bridgehead atoms. The lowest BCUT2D eigenvalue weighted by Crippen LogP contribution is -2.26. The second-order valence-electron chi connectivity index (χ2n) is 1.90. The zero-order valence-electron chi connectivity index (χ0n) is 5.56. The Kier molecular flexibility index (Phi) is 1.99. The Morgan fingerprint density at radius 3 is 3.10 bits per heavy atom. The number of aldehydes is 1. The van der Waals surface area contributed by atoms with Crippen molar-refractivity contribution in [3.05, 3.63) is 12.4 Å². The average molecular weight is 140 g/mol. The molecule has 5 heteroatoms. The molecule has 0 aliphatic heterocycles. The van der Waals surface area contributed by atoms with Gasteiger partial charge >= 0.3 is 0 Å². The maximum absolute atomic E-state index is 10.1. The van der Waals surface area contributed by atoms with Crippen molar-refractivity contribution in [2.75, 3.05) is 5.43 Å². The van der Waals surface area contributed by atoms with Crippen molar-refractivity contribution in [2.24, 2.45) is 0 Å². The molecule has 0 unspecified atom stereocenters. The van der Waals surface area contributed by atoms with Crippen LogP contribution in [0.25, 0.3) is 0 Å². The first kappa shape index (κ1) is 6.73.